The first kappa shape index (κ1) is 10.9. The molecule has 0 aromatic heterocycles. The molecular weight excluding hydrogens is 138 g/mol. The fraction of sp³-hybridized carbons (Fsp3) is 1.00. The molecule has 0 heterocycles. The van der Waals surface area contributed by atoms with Crippen molar-refractivity contribution >= 4 is 0 Å². The minimum Gasteiger partial charge on any atom is -0.330 e. The largest absolute Gasteiger partial charge is 0.330 e. The number of rotatable bonds is 6. The fourth-order valence-corrected chi connectivity index (χ4v) is 0.981. The summed E-state index contributed by atoms with van der Waals surface area (Å²) in [6.45, 7) is 7.74. The van der Waals surface area contributed by atoms with Crippen LogP contribution >= 0.6 is 0 Å². The zero-order valence-corrected chi connectivity index (χ0v) is 7.64. The molecule has 68 valence electrons. The van der Waals surface area contributed by atoms with Crippen LogP contribution in [0.15, 0.2) is 0 Å². The van der Waals surface area contributed by atoms with E-state index in [0.717, 1.165) is 19.6 Å². The lowest BCUT2D eigenvalue weighted by atomic mass is 9.96. The Balaban J connectivity index is 3.36. The topological polar surface area (TPSA) is 64.1 Å². The maximum atomic E-state index is 5.58. The molecule has 0 amide bonds. The number of nitrogens with one attached hydrogen (secondary N) is 1. The van der Waals surface area contributed by atoms with Gasteiger partial charge in [0.05, 0.1) is 0 Å². The molecule has 0 saturated carbocycles. The molecule has 0 fully saturated rings. The van der Waals surface area contributed by atoms with Crippen molar-refractivity contribution in [2.45, 2.75) is 13.8 Å². The highest BCUT2D eigenvalue weighted by molar-refractivity contribution is 4.66. The Labute approximate surface area is 69.5 Å². The molecule has 11 heavy (non-hydrogen) atoms. The highest BCUT2D eigenvalue weighted by atomic mass is 14.9. The third kappa shape index (κ3) is 5.18. The van der Waals surface area contributed by atoms with E-state index in [1.807, 2.05) is 0 Å². The van der Waals surface area contributed by atoms with Gasteiger partial charge in [-0.15, -0.1) is 0 Å². The Morgan fingerprint density at radius 2 is 1.91 bits per heavy atom. The van der Waals surface area contributed by atoms with Gasteiger partial charge in [0, 0.05) is 13.1 Å². The van der Waals surface area contributed by atoms with Crippen LogP contribution in [-0.2, 0) is 0 Å². The van der Waals surface area contributed by atoms with Gasteiger partial charge in [-0.05, 0) is 24.9 Å². The van der Waals surface area contributed by atoms with Crippen LogP contribution < -0.4 is 16.8 Å². The lowest BCUT2D eigenvalue weighted by Gasteiger charge is -2.18. The summed E-state index contributed by atoms with van der Waals surface area (Å²) >= 11 is 0. The second kappa shape index (κ2) is 6.58. The standard InChI is InChI=1S/C8H21N3/c1-7(2)8(5-10)6-11-4-3-9/h7-8,11H,3-6,9-10H2,1-2H3. The molecule has 0 aliphatic rings. The molecule has 0 saturated heterocycles. The summed E-state index contributed by atoms with van der Waals surface area (Å²) in [6.07, 6.45) is 0. The first-order valence-corrected chi connectivity index (χ1v) is 4.33. The summed E-state index contributed by atoms with van der Waals surface area (Å²) in [7, 11) is 0. The molecule has 0 rings (SSSR count). The van der Waals surface area contributed by atoms with E-state index in [9.17, 15) is 0 Å². The van der Waals surface area contributed by atoms with E-state index in [-0.39, 0.29) is 0 Å². The molecule has 1 atom stereocenters. The Morgan fingerprint density at radius 3 is 2.27 bits per heavy atom. The van der Waals surface area contributed by atoms with E-state index >= 15 is 0 Å². The summed E-state index contributed by atoms with van der Waals surface area (Å²) in [5.74, 6) is 1.24. The van der Waals surface area contributed by atoms with Gasteiger partial charge in [0.15, 0.2) is 0 Å². The molecule has 0 radical (unpaired) electrons. The van der Waals surface area contributed by atoms with Crippen molar-refractivity contribution in [1.82, 2.24) is 5.32 Å². The molecular formula is C8H21N3. The van der Waals surface area contributed by atoms with Crippen molar-refractivity contribution in [2.75, 3.05) is 26.2 Å². The summed E-state index contributed by atoms with van der Waals surface area (Å²) < 4.78 is 0. The van der Waals surface area contributed by atoms with E-state index in [0.29, 0.717) is 18.4 Å². The van der Waals surface area contributed by atoms with Gasteiger partial charge in [-0.1, -0.05) is 13.8 Å². The first-order chi connectivity index (χ1) is 5.22. The average Bonchev–Trinajstić information content (AvgIpc) is 1.97. The summed E-state index contributed by atoms with van der Waals surface area (Å²) in [5.41, 5.74) is 10.9. The molecule has 0 spiro atoms. The Bertz CT molecular complexity index is 83.4. The molecule has 0 aromatic carbocycles. The molecule has 0 aliphatic heterocycles. The number of nitrogens with two attached hydrogens (primary N) is 2. The Morgan fingerprint density at radius 1 is 1.27 bits per heavy atom. The highest BCUT2D eigenvalue weighted by Crippen LogP contribution is 2.06. The predicted octanol–water partition coefficient (Wildman–Crippen LogP) is -0.234. The van der Waals surface area contributed by atoms with Crippen molar-refractivity contribution < 1.29 is 0 Å². The minimum atomic E-state index is 0.585. The molecule has 3 heteroatoms. The molecule has 1 unspecified atom stereocenters. The van der Waals surface area contributed by atoms with Gasteiger partial charge in [-0.25, -0.2) is 0 Å². The maximum absolute atomic E-state index is 5.58. The lowest BCUT2D eigenvalue weighted by Crippen LogP contribution is -2.34. The van der Waals surface area contributed by atoms with Gasteiger partial charge in [0.1, 0.15) is 0 Å². The van der Waals surface area contributed by atoms with Gasteiger partial charge >= 0.3 is 0 Å². The molecule has 5 N–H and O–H groups in total. The molecule has 0 bridgehead atoms. The van der Waals surface area contributed by atoms with Crippen molar-refractivity contribution in [1.29, 1.82) is 0 Å². The van der Waals surface area contributed by atoms with E-state index in [4.69, 9.17) is 11.5 Å². The fourth-order valence-electron chi connectivity index (χ4n) is 0.981. The van der Waals surface area contributed by atoms with Crippen LogP contribution in [-0.4, -0.2) is 26.2 Å². The van der Waals surface area contributed by atoms with Crippen LogP contribution in [0.3, 0.4) is 0 Å². The van der Waals surface area contributed by atoms with Gasteiger partial charge < -0.3 is 16.8 Å². The Kier molecular flexibility index (Phi) is 6.51. The SMILES string of the molecule is CC(C)C(CN)CNCCN. The molecule has 3 nitrogen and oxygen atoms in total. The van der Waals surface area contributed by atoms with Crippen LogP contribution in [0.2, 0.25) is 0 Å². The summed E-state index contributed by atoms with van der Waals surface area (Å²) in [6, 6.07) is 0. The quantitative estimate of drug-likeness (QED) is 0.469. The third-order valence-corrected chi connectivity index (χ3v) is 1.97. The highest BCUT2D eigenvalue weighted by Gasteiger charge is 2.09. The zero-order chi connectivity index (χ0) is 8.69. The minimum absolute atomic E-state index is 0.585. The third-order valence-electron chi connectivity index (χ3n) is 1.97. The van der Waals surface area contributed by atoms with Crippen LogP contribution in [0, 0.1) is 11.8 Å². The number of hydrogen-bond acceptors (Lipinski definition) is 3. The van der Waals surface area contributed by atoms with Crippen LogP contribution in [0.4, 0.5) is 0 Å². The second-order valence-electron chi connectivity index (χ2n) is 3.23. The average molecular weight is 159 g/mol. The van der Waals surface area contributed by atoms with Crippen LogP contribution in [0.25, 0.3) is 0 Å². The van der Waals surface area contributed by atoms with Gasteiger partial charge in [-0.3, -0.25) is 0 Å². The van der Waals surface area contributed by atoms with Crippen molar-refractivity contribution in [3.63, 3.8) is 0 Å². The van der Waals surface area contributed by atoms with E-state index < -0.39 is 0 Å². The second-order valence-corrected chi connectivity index (χ2v) is 3.23. The van der Waals surface area contributed by atoms with Crippen molar-refractivity contribution in [3.05, 3.63) is 0 Å². The van der Waals surface area contributed by atoms with Crippen LogP contribution in [0.5, 0.6) is 0 Å². The predicted molar refractivity (Wildman–Crippen MR) is 49.3 cm³/mol. The summed E-state index contributed by atoms with van der Waals surface area (Å²) in [5, 5.41) is 3.26. The number of hydrogen-bond donors (Lipinski definition) is 3. The monoisotopic (exact) mass is 159 g/mol. The zero-order valence-electron chi connectivity index (χ0n) is 7.64. The van der Waals surface area contributed by atoms with Crippen LogP contribution in [0.1, 0.15) is 13.8 Å². The van der Waals surface area contributed by atoms with Crippen molar-refractivity contribution in [3.8, 4) is 0 Å². The van der Waals surface area contributed by atoms with Crippen molar-refractivity contribution in [2.24, 2.45) is 23.3 Å². The summed E-state index contributed by atoms with van der Waals surface area (Å²) in [4.78, 5) is 0. The lowest BCUT2D eigenvalue weighted by molar-refractivity contribution is 0.373. The first-order valence-electron chi connectivity index (χ1n) is 4.33. The van der Waals surface area contributed by atoms with E-state index in [2.05, 4.69) is 19.2 Å². The van der Waals surface area contributed by atoms with Gasteiger partial charge in [0.25, 0.3) is 0 Å². The Hall–Kier alpha value is -0.120. The van der Waals surface area contributed by atoms with E-state index in [1.165, 1.54) is 0 Å². The van der Waals surface area contributed by atoms with Gasteiger partial charge in [-0.2, -0.15) is 0 Å². The maximum Gasteiger partial charge on any atom is 0.00746 e. The smallest absolute Gasteiger partial charge is 0.00746 e. The van der Waals surface area contributed by atoms with E-state index in [1.54, 1.807) is 0 Å². The molecule has 0 aliphatic carbocycles. The normalized spacial score (nSPS) is 13.9. The van der Waals surface area contributed by atoms with Gasteiger partial charge in [0.2, 0.25) is 0 Å². The molecule has 0 aromatic rings.